The average molecular weight is 343 g/mol. The van der Waals surface area contributed by atoms with Crippen LogP contribution < -0.4 is 9.47 Å². The molecule has 0 N–H and O–H groups in total. The van der Waals surface area contributed by atoms with E-state index in [0.717, 1.165) is 5.56 Å². The van der Waals surface area contributed by atoms with Crippen molar-refractivity contribution in [2.75, 3.05) is 7.11 Å². The summed E-state index contributed by atoms with van der Waals surface area (Å²) < 4.78 is 36.8. The van der Waals surface area contributed by atoms with E-state index in [0.29, 0.717) is 22.6 Å². The second-order valence-corrected chi connectivity index (χ2v) is 5.22. The molecule has 0 fully saturated rings. The predicted octanol–water partition coefficient (Wildman–Crippen LogP) is 4.59. The third-order valence-electron chi connectivity index (χ3n) is 3.59. The highest BCUT2D eigenvalue weighted by atomic mass is 19.3. The van der Waals surface area contributed by atoms with Crippen LogP contribution in [0.3, 0.4) is 0 Å². The Morgan fingerprint density at radius 2 is 1.84 bits per heavy atom. The smallest absolute Gasteiger partial charge is 0.280 e. The summed E-state index contributed by atoms with van der Waals surface area (Å²) in [4.78, 5) is 11.9. The van der Waals surface area contributed by atoms with Crippen molar-refractivity contribution >= 4 is 0 Å². The van der Waals surface area contributed by atoms with Crippen LogP contribution in [0.1, 0.15) is 17.7 Å². The van der Waals surface area contributed by atoms with E-state index < -0.39 is 6.43 Å². The van der Waals surface area contributed by atoms with Gasteiger partial charge in [0.1, 0.15) is 23.5 Å². The van der Waals surface area contributed by atoms with E-state index in [1.807, 2.05) is 24.3 Å². The molecule has 2 heterocycles. The SMILES string of the molecule is COc1ccccc1-c1cncnc1Oc1cnc(C(F)F)c(C)c1. The van der Waals surface area contributed by atoms with Gasteiger partial charge in [-0.2, -0.15) is 0 Å². The van der Waals surface area contributed by atoms with Gasteiger partial charge >= 0.3 is 0 Å². The van der Waals surface area contributed by atoms with E-state index >= 15 is 0 Å². The maximum atomic E-state index is 12.8. The summed E-state index contributed by atoms with van der Waals surface area (Å²) in [5.41, 5.74) is 1.46. The fraction of sp³-hybridized carbons (Fsp3) is 0.167. The van der Waals surface area contributed by atoms with Gasteiger partial charge in [0.05, 0.1) is 18.9 Å². The molecule has 0 bridgehead atoms. The Morgan fingerprint density at radius 3 is 2.56 bits per heavy atom. The minimum atomic E-state index is -2.63. The largest absolute Gasteiger partial charge is 0.496 e. The quantitative estimate of drug-likeness (QED) is 0.678. The Kier molecular flexibility index (Phi) is 4.83. The third-order valence-corrected chi connectivity index (χ3v) is 3.59. The number of benzene rings is 1. The van der Waals surface area contributed by atoms with E-state index in [-0.39, 0.29) is 11.6 Å². The number of rotatable bonds is 5. The molecule has 0 aliphatic heterocycles. The van der Waals surface area contributed by atoms with Crippen LogP contribution in [-0.2, 0) is 0 Å². The molecule has 1 aromatic carbocycles. The normalized spacial score (nSPS) is 10.8. The van der Waals surface area contributed by atoms with Crippen LogP contribution >= 0.6 is 0 Å². The zero-order valence-corrected chi connectivity index (χ0v) is 13.6. The highest BCUT2D eigenvalue weighted by molar-refractivity contribution is 5.73. The maximum absolute atomic E-state index is 12.8. The van der Waals surface area contributed by atoms with Crippen molar-refractivity contribution in [1.82, 2.24) is 15.0 Å². The zero-order chi connectivity index (χ0) is 17.8. The van der Waals surface area contributed by atoms with Crippen molar-refractivity contribution in [3.05, 3.63) is 60.3 Å². The fourth-order valence-electron chi connectivity index (χ4n) is 2.41. The van der Waals surface area contributed by atoms with Crippen molar-refractivity contribution in [3.63, 3.8) is 0 Å². The lowest BCUT2D eigenvalue weighted by Gasteiger charge is -2.13. The van der Waals surface area contributed by atoms with E-state index in [1.54, 1.807) is 20.2 Å². The highest BCUT2D eigenvalue weighted by Crippen LogP contribution is 2.36. The molecule has 0 saturated heterocycles. The first kappa shape index (κ1) is 16.8. The molecule has 5 nitrogen and oxygen atoms in total. The van der Waals surface area contributed by atoms with Crippen LogP contribution in [0.2, 0.25) is 0 Å². The van der Waals surface area contributed by atoms with Gasteiger partial charge < -0.3 is 9.47 Å². The van der Waals surface area contributed by atoms with Gasteiger partial charge in [0.2, 0.25) is 5.88 Å². The molecule has 25 heavy (non-hydrogen) atoms. The second kappa shape index (κ2) is 7.21. The van der Waals surface area contributed by atoms with Gasteiger partial charge in [-0.05, 0) is 24.6 Å². The summed E-state index contributed by atoms with van der Waals surface area (Å²) in [6.07, 6.45) is 1.58. The number of pyridine rings is 1. The van der Waals surface area contributed by atoms with Crippen LogP contribution in [0.4, 0.5) is 8.78 Å². The first-order valence-electron chi connectivity index (χ1n) is 7.46. The minimum absolute atomic E-state index is 0.264. The van der Waals surface area contributed by atoms with Crippen LogP contribution in [-0.4, -0.2) is 22.1 Å². The fourth-order valence-corrected chi connectivity index (χ4v) is 2.41. The molecule has 0 spiro atoms. The molecule has 3 aromatic rings. The second-order valence-electron chi connectivity index (χ2n) is 5.22. The van der Waals surface area contributed by atoms with Crippen LogP contribution in [0.25, 0.3) is 11.1 Å². The zero-order valence-electron chi connectivity index (χ0n) is 13.6. The molecule has 2 aromatic heterocycles. The molecule has 0 radical (unpaired) electrons. The van der Waals surface area contributed by atoms with Gasteiger partial charge in [0.15, 0.2) is 0 Å². The number of aromatic nitrogens is 3. The molecule has 0 saturated carbocycles. The summed E-state index contributed by atoms with van der Waals surface area (Å²) >= 11 is 0. The topological polar surface area (TPSA) is 57.1 Å². The van der Waals surface area contributed by atoms with Gasteiger partial charge in [0.25, 0.3) is 6.43 Å². The first-order valence-corrected chi connectivity index (χ1v) is 7.46. The molecule has 3 rings (SSSR count). The lowest BCUT2D eigenvalue weighted by Crippen LogP contribution is -1.98. The Bertz CT molecular complexity index is 888. The third kappa shape index (κ3) is 3.55. The first-order chi connectivity index (χ1) is 12.1. The monoisotopic (exact) mass is 343 g/mol. The van der Waals surface area contributed by atoms with Gasteiger partial charge in [-0.25, -0.2) is 18.7 Å². The van der Waals surface area contributed by atoms with Crippen molar-refractivity contribution in [1.29, 1.82) is 0 Å². The summed E-state index contributed by atoms with van der Waals surface area (Å²) in [5, 5.41) is 0. The van der Waals surface area contributed by atoms with Gasteiger partial charge in [-0.3, -0.25) is 4.98 Å². The predicted molar refractivity (Wildman–Crippen MR) is 88.0 cm³/mol. The van der Waals surface area contributed by atoms with Crippen molar-refractivity contribution < 1.29 is 18.3 Å². The Balaban J connectivity index is 1.98. The summed E-state index contributed by atoms with van der Waals surface area (Å²) in [6, 6.07) is 8.88. The number of ether oxygens (including phenoxy) is 2. The van der Waals surface area contributed by atoms with E-state index in [2.05, 4.69) is 15.0 Å². The number of aryl methyl sites for hydroxylation is 1. The number of nitrogens with zero attached hydrogens (tertiary/aromatic N) is 3. The lowest BCUT2D eigenvalue weighted by molar-refractivity contribution is 0.145. The van der Waals surface area contributed by atoms with Crippen LogP contribution in [0.15, 0.2) is 49.1 Å². The Labute approximate surface area is 143 Å². The number of alkyl halides is 2. The summed E-state index contributed by atoms with van der Waals surface area (Å²) in [5.74, 6) is 1.24. The summed E-state index contributed by atoms with van der Waals surface area (Å²) in [6.45, 7) is 1.56. The molecular weight excluding hydrogens is 328 g/mol. The maximum Gasteiger partial charge on any atom is 0.280 e. The minimum Gasteiger partial charge on any atom is -0.496 e. The molecule has 128 valence electrons. The van der Waals surface area contributed by atoms with Crippen LogP contribution in [0, 0.1) is 6.92 Å². The van der Waals surface area contributed by atoms with Crippen molar-refractivity contribution in [2.45, 2.75) is 13.3 Å². The van der Waals surface area contributed by atoms with Gasteiger partial charge in [0, 0.05) is 11.8 Å². The van der Waals surface area contributed by atoms with Gasteiger partial charge in [-0.1, -0.05) is 18.2 Å². The molecular formula is C18H15F2N3O2. The molecule has 0 atom stereocenters. The van der Waals surface area contributed by atoms with Gasteiger partial charge in [-0.15, -0.1) is 0 Å². The molecule has 0 unspecified atom stereocenters. The average Bonchev–Trinajstić information content (AvgIpc) is 2.62. The molecule has 7 heteroatoms. The van der Waals surface area contributed by atoms with E-state index in [9.17, 15) is 8.78 Å². The molecule has 0 amide bonds. The molecule has 0 aliphatic carbocycles. The van der Waals surface area contributed by atoms with Crippen molar-refractivity contribution in [3.8, 4) is 28.5 Å². The number of hydrogen-bond acceptors (Lipinski definition) is 5. The highest BCUT2D eigenvalue weighted by Gasteiger charge is 2.16. The number of para-hydroxylation sites is 1. The Hall–Kier alpha value is -3.09. The number of halogens is 2. The lowest BCUT2D eigenvalue weighted by atomic mass is 10.1. The van der Waals surface area contributed by atoms with Crippen molar-refractivity contribution in [2.24, 2.45) is 0 Å². The summed E-state index contributed by atoms with van der Waals surface area (Å²) in [7, 11) is 1.57. The standard InChI is InChI=1S/C18H15F2N3O2/c1-11-7-12(8-22-16(11)17(19)20)25-18-14(9-21-10-23-18)13-5-3-4-6-15(13)24-2/h3-10,17H,1-2H3. The van der Waals surface area contributed by atoms with E-state index in [1.165, 1.54) is 18.6 Å². The van der Waals surface area contributed by atoms with Crippen LogP contribution in [0.5, 0.6) is 17.4 Å². The van der Waals surface area contributed by atoms with E-state index in [4.69, 9.17) is 9.47 Å². The number of methoxy groups -OCH3 is 1. The number of hydrogen-bond donors (Lipinski definition) is 0. The molecule has 0 aliphatic rings. The Morgan fingerprint density at radius 1 is 1.04 bits per heavy atom.